The molecule has 25 heavy (non-hydrogen) atoms. The Hall–Kier alpha value is -3.26. The van der Waals surface area contributed by atoms with Crippen molar-refractivity contribution in [3.05, 3.63) is 65.4 Å². The first kappa shape index (κ1) is 16.6. The Morgan fingerprint density at radius 2 is 2.12 bits per heavy atom. The summed E-state index contributed by atoms with van der Waals surface area (Å²) in [5.41, 5.74) is 3.96. The van der Waals surface area contributed by atoms with Crippen LogP contribution in [0.2, 0.25) is 5.02 Å². The highest BCUT2D eigenvalue weighted by atomic mass is 35.5. The molecule has 1 N–H and O–H groups in total. The topological polar surface area (TPSA) is 94.3 Å². The van der Waals surface area contributed by atoms with Crippen molar-refractivity contribution in [1.29, 1.82) is 0 Å². The molecule has 1 heterocycles. The fourth-order valence-electron chi connectivity index (χ4n) is 1.92. The van der Waals surface area contributed by atoms with Crippen molar-refractivity contribution in [3.8, 4) is 11.4 Å². The Kier molecular flexibility index (Phi) is 5.32. The van der Waals surface area contributed by atoms with Crippen molar-refractivity contribution in [3.63, 3.8) is 0 Å². The number of benzene rings is 2. The van der Waals surface area contributed by atoms with Crippen LogP contribution in [0.1, 0.15) is 5.56 Å². The Bertz CT molecular complexity index is 865. The number of nitrogens with one attached hydrogen (secondary N) is 1. The average molecular weight is 357 g/mol. The third-order valence-corrected chi connectivity index (χ3v) is 3.31. The Morgan fingerprint density at radius 3 is 2.84 bits per heavy atom. The maximum Gasteiger partial charge on any atom is 0.277 e. The first-order valence-electron chi connectivity index (χ1n) is 7.24. The second-order valence-corrected chi connectivity index (χ2v) is 5.32. The number of carbonyl (C=O) groups excluding carboxylic acids is 1. The van der Waals surface area contributed by atoms with Crippen molar-refractivity contribution < 1.29 is 9.53 Å². The first-order valence-corrected chi connectivity index (χ1v) is 7.62. The van der Waals surface area contributed by atoms with Crippen LogP contribution in [0.4, 0.5) is 0 Å². The van der Waals surface area contributed by atoms with Gasteiger partial charge in [0.05, 0.1) is 11.9 Å². The highest BCUT2D eigenvalue weighted by molar-refractivity contribution is 6.30. The normalized spacial score (nSPS) is 10.8. The zero-order valence-corrected chi connectivity index (χ0v) is 13.7. The molecule has 0 aliphatic carbocycles. The van der Waals surface area contributed by atoms with Crippen molar-refractivity contribution in [2.24, 2.45) is 5.10 Å². The van der Waals surface area contributed by atoms with Crippen molar-refractivity contribution in [1.82, 2.24) is 25.6 Å². The molecule has 3 rings (SSSR count). The minimum absolute atomic E-state index is 0.156. The van der Waals surface area contributed by atoms with Crippen LogP contribution >= 0.6 is 11.6 Å². The van der Waals surface area contributed by atoms with Crippen LogP contribution in [0.15, 0.2) is 60.0 Å². The van der Waals surface area contributed by atoms with Gasteiger partial charge in [0.1, 0.15) is 12.1 Å². The van der Waals surface area contributed by atoms with Gasteiger partial charge in [-0.1, -0.05) is 23.7 Å². The van der Waals surface area contributed by atoms with E-state index >= 15 is 0 Å². The van der Waals surface area contributed by atoms with E-state index in [1.807, 2.05) is 6.07 Å². The molecule has 0 spiro atoms. The summed E-state index contributed by atoms with van der Waals surface area (Å²) in [5, 5.41) is 15.4. The second kappa shape index (κ2) is 8.02. The molecule has 126 valence electrons. The van der Waals surface area contributed by atoms with E-state index in [-0.39, 0.29) is 12.5 Å². The average Bonchev–Trinajstić information content (AvgIpc) is 3.15. The van der Waals surface area contributed by atoms with Gasteiger partial charge in [-0.2, -0.15) is 5.10 Å². The minimum Gasteiger partial charge on any atom is -0.484 e. The van der Waals surface area contributed by atoms with E-state index in [0.29, 0.717) is 10.8 Å². The third kappa shape index (κ3) is 4.85. The Balaban J connectivity index is 1.47. The molecule has 9 heteroatoms. The number of rotatable bonds is 6. The number of amides is 1. The molecule has 0 fully saturated rings. The molecule has 8 nitrogen and oxygen atoms in total. The maximum absolute atomic E-state index is 11.7. The van der Waals surface area contributed by atoms with Crippen LogP contribution in [-0.2, 0) is 4.79 Å². The summed E-state index contributed by atoms with van der Waals surface area (Å²) in [6, 6.07) is 14.1. The van der Waals surface area contributed by atoms with Gasteiger partial charge in [0.25, 0.3) is 5.91 Å². The van der Waals surface area contributed by atoms with Crippen molar-refractivity contribution >= 4 is 23.7 Å². The van der Waals surface area contributed by atoms with Crippen LogP contribution in [0.25, 0.3) is 5.69 Å². The molecule has 1 amide bonds. The summed E-state index contributed by atoms with van der Waals surface area (Å²) in [6.07, 6.45) is 2.99. The van der Waals surface area contributed by atoms with E-state index < -0.39 is 0 Å². The van der Waals surface area contributed by atoms with Crippen LogP contribution in [0.3, 0.4) is 0 Å². The number of hydrogen-bond acceptors (Lipinski definition) is 6. The zero-order chi connectivity index (χ0) is 17.5. The van der Waals surface area contributed by atoms with Gasteiger partial charge in [0, 0.05) is 5.02 Å². The maximum atomic E-state index is 11.7. The second-order valence-electron chi connectivity index (χ2n) is 4.89. The van der Waals surface area contributed by atoms with E-state index in [0.717, 1.165) is 11.3 Å². The number of ether oxygens (including phenoxy) is 1. The van der Waals surface area contributed by atoms with E-state index in [1.165, 1.54) is 17.2 Å². The lowest BCUT2D eigenvalue weighted by atomic mass is 10.2. The van der Waals surface area contributed by atoms with Gasteiger partial charge in [-0.05, 0) is 52.4 Å². The molecule has 0 bridgehead atoms. The van der Waals surface area contributed by atoms with Crippen LogP contribution in [0.5, 0.6) is 5.75 Å². The van der Waals surface area contributed by atoms with Gasteiger partial charge in [-0.25, -0.2) is 10.1 Å². The Labute approximate surface area is 148 Å². The number of nitrogens with zero attached hydrogens (tertiary/aromatic N) is 5. The SMILES string of the molecule is O=C(COc1ccc(-n2cnnn2)cc1)N/N=C\c1cccc(Cl)c1. The molecule has 0 aliphatic heterocycles. The van der Waals surface area contributed by atoms with Gasteiger partial charge in [-0.3, -0.25) is 4.79 Å². The van der Waals surface area contributed by atoms with Crippen LogP contribution in [-0.4, -0.2) is 38.9 Å². The van der Waals surface area contributed by atoms with Gasteiger partial charge < -0.3 is 4.74 Å². The fraction of sp³-hybridized carbons (Fsp3) is 0.0625. The molecular weight excluding hydrogens is 344 g/mol. The summed E-state index contributed by atoms with van der Waals surface area (Å²) >= 11 is 5.87. The highest BCUT2D eigenvalue weighted by Gasteiger charge is 2.03. The lowest BCUT2D eigenvalue weighted by Crippen LogP contribution is -2.24. The summed E-state index contributed by atoms with van der Waals surface area (Å²) in [4.78, 5) is 11.7. The Morgan fingerprint density at radius 1 is 1.28 bits per heavy atom. The van der Waals surface area contributed by atoms with Crippen LogP contribution < -0.4 is 10.2 Å². The number of hydrogen-bond donors (Lipinski definition) is 1. The largest absolute Gasteiger partial charge is 0.484 e. The number of aromatic nitrogens is 4. The summed E-state index contributed by atoms with van der Waals surface area (Å²) in [7, 11) is 0. The summed E-state index contributed by atoms with van der Waals surface area (Å²) < 4.78 is 6.91. The number of carbonyl (C=O) groups is 1. The van der Waals surface area contributed by atoms with Gasteiger partial charge >= 0.3 is 0 Å². The van der Waals surface area contributed by atoms with Crippen molar-refractivity contribution in [2.45, 2.75) is 0 Å². The molecule has 2 aromatic carbocycles. The highest BCUT2D eigenvalue weighted by Crippen LogP contribution is 2.14. The van der Waals surface area contributed by atoms with E-state index in [1.54, 1.807) is 42.5 Å². The summed E-state index contributed by atoms with van der Waals surface area (Å²) in [5.74, 6) is 0.175. The molecule has 1 aromatic heterocycles. The molecular formula is C16H13ClN6O2. The molecule has 0 atom stereocenters. The quantitative estimate of drug-likeness (QED) is 0.537. The molecule has 0 saturated carbocycles. The number of tetrazole rings is 1. The van der Waals surface area contributed by atoms with Gasteiger partial charge in [-0.15, -0.1) is 5.10 Å². The molecule has 0 saturated heterocycles. The first-order chi connectivity index (χ1) is 12.2. The molecule has 0 aliphatic rings. The molecule has 0 radical (unpaired) electrons. The van der Waals surface area contributed by atoms with E-state index in [4.69, 9.17) is 16.3 Å². The monoisotopic (exact) mass is 356 g/mol. The predicted molar refractivity (Wildman–Crippen MR) is 91.8 cm³/mol. The standard InChI is InChI=1S/C16H13ClN6O2/c17-13-3-1-2-12(8-13)9-18-20-16(24)10-25-15-6-4-14(5-7-15)23-11-19-21-22-23/h1-9,11H,10H2,(H,20,24)/b18-9-. The smallest absolute Gasteiger partial charge is 0.277 e. The van der Waals surface area contributed by atoms with Crippen LogP contribution in [0, 0.1) is 0 Å². The van der Waals surface area contributed by atoms with Gasteiger partial charge in [0.2, 0.25) is 0 Å². The molecule has 3 aromatic rings. The fourth-order valence-corrected chi connectivity index (χ4v) is 2.12. The minimum atomic E-state index is -0.372. The van der Waals surface area contributed by atoms with Gasteiger partial charge in [0.15, 0.2) is 6.61 Å². The third-order valence-electron chi connectivity index (χ3n) is 3.07. The lowest BCUT2D eigenvalue weighted by Gasteiger charge is -2.06. The predicted octanol–water partition coefficient (Wildman–Crippen LogP) is 1.84. The number of halogens is 1. The van der Waals surface area contributed by atoms with Crippen molar-refractivity contribution in [2.75, 3.05) is 6.61 Å². The molecule has 0 unspecified atom stereocenters. The van der Waals surface area contributed by atoms with E-state index in [9.17, 15) is 4.79 Å². The zero-order valence-electron chi connectivity index (χ0n) is 12.9. The summed E-state index contributed by atoms with van der Waals surface area (Å²) in [6.45, 7) is -0.156. The number of hydrazone groups is 1. The lowest BCUT2D eigenvalue weighted by molar-refractivity contribution is -0.123. The van der Waals surface area contributed by atoms with E-state index in [2.05, 4.69) is 26.1 Å².